The van der Waals surface area contributed by atoms with Gasteiger partial charge in [-0.2, -0.15) is 4.99 Å². The van der Waals surface area contributed by atoms with Crippen molar-refractivity contribution in [1.29, 1.82) is 0 Å². The maximum Gasteiger partial charge on any atom is 0.270 e. The standard InChI is InChI=1S/C18H16FN3O3S2/c1-21-15-9-6-13(22(24)25)11-16(15)27-18(21)20-17(23)3-2-10-26-14-7-4-12(19)5-8-14/h4-9,11H,2-3,10H2,1H3. The molecule has 0 N–H and O–H groups in total. The van der Waals surface area contributed by atoms with Crippen molar-refractivity contribution < 1.29 is 14.1 Å². The zero-order valence-electron chi connectivity index (χ0n) is 14.4. The van der Waals surface area contributed by atoms with Gasteiger partial charge in [0.05, 0.1) is 15.1 Å². The van der Waals surface area contributed by atoms with Crippen molar-refractivity contribution in [3.63, 3.8) is 0 Å². The van der Waals surface area contributed by atoms with Crippen LogP contribution in [-0.4, -0.2) is 21.2 Å². The second-order valence-corrected chi connectivity index (χ2v) is 7.94. The highest BCUT2D eigenvalue weighted by Crippen LogP contribution is 2.23. The van der Waals surface area contributed by atoms with E-state index in [0.29, 0.717) is 22.3 Å². The molecule has 0 spiro atoms. The summed E-state index contributed by atoms with van der Waals surface area (Å²) in [6, 6.07) is 10.8. The summed E-state index contributed by atoms with van der Waals surface area (Å²) in [6.45, 7) is 0. The summed E-state index contributed by atoms with van der Waals surface area (Å²) in [5.41, 5.74) is 0.809. The minimum atomic E-state index is -0.445. The van der Waals surface area contributed by atoms with Crippen LogP contribution in [-0.2, 0) is 11.8 Å². The fraction of sp³-hybridized carbons (Fsp3) is 0.222. The van der Waals surface area contributed by atoms with Gasteiger partial charge in [0.1, 0.15) is 5.82 Å². The van der Waals surface area contributed by atoms with Crippen molar-refractivity contribution in [1.82, 2.24) is 4.57 Å². The molecule has 0 saturated carbocycles. The smallest absolute Gasteiger partial charge is 0.270 e. The van der Waals surface area contributed by atoms with E-state index in [-0.39, 0.29) is 17.4 Å². The molecule has 0 atom stereocenters. The number of carbonyl (C=O) groups is 1. The van der Waals surface area contributed by atoms with Gasteiger partial charge in [-0.15, -0.1) is 11.8 Å². The minimum absolute atomic E-state index is 0.0139. The molecular weight excluding hydrogens is 389 g/mol. The molecule has 1 amide bonds. The maximum atomic E-state index is 12.9. The van der Waals surface area contributed by atoms with Crippen molar-refractivity contribution in [3.05, 3.63) is 63.2 Å². The van der Waals surface area contributed by atoms with E-state index >= 15 is 0 Å². The zero-order valence-corrected chi connectivity index (χ0v) is 16.1. The Morgan fingerprint density at radius 2 is 2.04 bits per heavy atom. The maximum absolute atomic E-state index is 12.9. The summed E-state index contributed by atoms with van der Waals surface area (Å²) in [5, 5.41) is 10.9. The topological polar surface area (TPSA) is 77.5 Å². The quantitative estimate of drug-likeness (QED) is 0.265. The third kappa shape index (κ3) is 4.81. The first kappa shape index (κ1) is 19.2. The number of aryl methyl sites for hydroxylation is 1. The van der Waals surface area contributed by atoms with E-state index < -0.39 is 4.92 Å². The van der Waals surface area contributed by atoms with E-state index in [2.05, 4.69) is 4.99 Å². The lowest BCUT2D eigenvalue weighted by atomic mass is 10.3. The van der Waals surface area contributed by atoms with Gasteiger partial charge < -0.3 is 4.57 Å². The van der Waals surface area contributed by atoms with E-state index in [4.69, 9.17) is 0 Å². The summed E-state index contributed by atoms with van der Waals surface area (Å²) >= 11 is 2.81. The summed E-state index contributed by atoms with van der Waals surface area (Å²) < 4.78 is 15.3. The number of aromatic nitrogens is 1. The fourth-order valence-corrected chi connectivity index (χ4v) is 4.37. The molecule has 27 heavy (non-hydrogen) atoms. The number of fused-ring (bicyclic) bond motifs is 1. The summed E-state index contributed by atoms with van der Waals surface area (Å²) in [6.07, 6.45) is 0.965. The van der Waals surface area contributed by atoms with Crippen molar-refractivity contribution in [2.24, 2.45) is 12.0 Å². The van der Waals surface area contributed by atoms with Gasteiger partial charge in [0, 0.05) is 30.5 Å². The fourth-order valence-electron chi connectivity index (χ4n) is 2.45. The van der Waals surface area contributed by atoms with E-state index in [0.717, 1.165) is 16.2 Å². The van der Waals surface area contributed by atoms with Crippen molar-refractivity contribution in [2.45, 2.75) is 17.7 Å². The van der Waals surface area contributed by atoms with E-state index in [1.54, 1.807) is 41.6 Å². The number of thioether (sulfide) groups is 1. The third-order valence-electron chi connectivity index (χ3n) is 3.84. The largest absolute Gasteiger partial charge is 0.319 e. The molecule has 0 bridgehead atoms. The average Bonchev–Trinajstić information content (AvgIpc) is 2.95. The Labute approximate surface area is 162 Å². The van der Waals surface area contributed by atoms with E-state index in [1.807, 2.05) is 0 Å². The molecule has 0 aliphatic heterocycles. The van der Waals surface area contributed by atoms with Crippen LogP contribution in [0.2, 0.25) is 0 Å². The molecule has 1 aromatic heterocycles. The molecule has 6 nitrogen and oxygen atoms in total. The first-order valence-corrected chi connectivity index (χ1v) is 9.94. The van der Waals surface area contributed by atoms with Gasteiger partial charge in [0.2, 0.25) is 5.91 Å². The monoisotopic (exact) mass is 405 g/mol. The molecular formula is C18H16FN3O3S2. The second kappa shape index (κ2) is 8.45. The second-order valence-electron chi connectivity index (χ2n) is 5.76. The number of nitro benzene ring substituents is 1. The number of amides is 1. The summed E-state index contributed by atoms with van der Waals surface area (Å²) in [7, 11) is 1.78. The van der Waals surface area contributed by atoms with Crippen molar-refractivity contribution in [2.75, 3.05) is 5.75 Å². The first-order valence-electron chi connectivity index (χ1n) is 8.14. The molecule has 0 unspecified atom stereocenters. The summed E-state index contributed by atoms with van der Waals surface area (Å²) in [4.78, 5) is 28.2. The van der Waals surface area contributed by atoms with Crippen LogP contribution in [0.4, 0.5) is 10.1 Å². The van der Waals surface area contributed by atoms with Gasteiger partial charge in [0.25, 0.3) is 5.69 Å². The highest BCUT2D eigenvalue weighted by atomic mass is 32.2. The first-order chi connectivity index (χ1) is 12.9. The van der Waals surface area contributed by atoms with E-state index in [1.165, 1.54) is 35.6 Å². The predicted molar refractivity (Wildman–Crippen MR) is 104 cm³/mol. The number of carbonyl (C=O) groups excluding carboxylic acids is 1. The molecule has 1 heterocycles. The molecule has 0 aliphatic carbocycles. The number of nitrogens with zero attached hydrogens (tertiary/aromatic N) is 3. The summed E-state index contributed by atoms with van der Waals surface area (Å²) in [5.74, 6) is 0.235. The van der Waals surface area contributed by atoms with Crippen LogP contribution in [0.3, 0.4) is 0 Å². The Bertz CT molecular complexity index is 1060. The number of hydrogen-bond donors (Lipinski definition) is 0. The number of benzene rings is 2. The molecule has 140 valence electrons. The lowest BCUT2D eigenvalue weighted by Gasteiger charge is -2.00. The molecule has 2 aromatic carbocycles. The van der Waals surface area contributed by atoms with Gasteiger partial charge in [0.15, 0.2) is 4.80 Å². The van der Waals surface area contributed by atoms with Gasteiger partial charge in [-0.3, -0.25) is 14.9 Å². The highest BCUT2D eigenvalue weighted by Gasteiger charge is 2.10. The lowest BCUT2D eigenvalue weighted by Crippen LogP contribution is -2.13. The van der Waals surface area contributed by atoms with Gasteiger partial charge in [-0.25, -0.2) is 4.39 Å². The number of nitro groups is 1. The van der Waals surface area contributed by atoms with Crippen LogP contribution >= 0.6 is 23.1 Å². The highest BCUT2D eigenvalue weighted by molar-refractivity contribution is 7.99. The van der Waals surface area contributed by atoms with Crippen molar-refractivity contribution in [3.8, 4) is 0 Å². The predicted octanol–water partition coefficient (Wildman–Crippen LogP) is 4.29. The Morgan fingerprint density at radius 3 is 2.74 bits per heavy atom. The Hall–Kier alpha value is -2.52. The van der Waals surface area contributed by atoms with Crippen LogP contribution in [0.15, 0.2) is 52.4 Å². The molecule has 9 heteroatoms. The molecule has 3 aromatic rings. The Balaban J connectivity index is 1.63. The molecule has 0 saturated heterocycles. The molecule has 3 rings (SSSR count). The number of rotatable bonds is 6. The minimum Gasteiger partial charge on any atom is -0.319 e. The molecule has 0 fully saturated rings. The Morgan fingerprint density at radius 1 is 1.30 bits per heavy atom. The molecule has 0 aliphatic rings. The van der Waals surface area contributed by atoms with Gasteiger partial charge in [-0.1, -0.05) is 11.3 Å². The van der Waals surface area contributed by atoms with Crippen LogP contribution < -0.4 is 4.80 Å². The normalized spacial score (nSPS) is 11.9. The third-order valence-corrected chi connectivity index (χ3v) is 6.03. The SMILES string of the molecule is Cn1c(=NC(=O)CCCSc2ccc(F)cc2)sc2cc([N+](=O)[O-])ccc21. The van der Waals surface area contributed by atoms with Crippen LogP contribution in [0.1, 0.15) is 12.8 Å². The number of non-ortho nitro benzene ring substituents is 1. The number of thiazole rings is 1. The lowest BCUT2D eigenvalue weighted by molar-refractivity contribution is -0.384. The van der Waals surface area contributed by atoms with Crippen LogP contribution in [0.5, 0.6) is 0 Å². The van der Waals surface area contributed by atoms with Crippen LogP contribution in [0, 0.1) is 15.9 Å². The van der Waals surface area contributed by atoms with Gasteiger partial charge in [-0.05, 0) is 42.5 Å². The number of halogens is 1. The number of hydrogen-bond acceptors (Lipinski definition) is 5. The average molecular weight is 405 g/mol. The van der Waals surface area contributed by atoms with Crippen molar-refractivity contribution >= 4 is 44.9 Å². The molecule has 0 radical (unpaired) electrons. The van der Waals surface area contributed by atoms with Gasteiger partial charge >= 0.3 is 0 Å². The van der Waals surface area contributed by atoms with Crippen LogP contribution in [0.25, 0.3) is 10.2 Å². The zero-order chi connectivity index (χ0) is 19.4. The Kier molecular flexibility index (Phi) is 6.02. The van der Waals surface area contributed by atoms with E-state index in [9.17, 15) is 19.3 Å².